The van der Waals surface area contributed by atoms with Crippen molar-refractivity contribution in [1.29, 1.82) is 0 Å². The minimum atomic E-state index is 0.274. The summed E-state index contributed by atoms with van der Waals surface area (Å²) >= 11 is 2.07. The van der Waals surface area contributed by atoms with Crippen LogP contribution < -0.4 is 0 Å². The first-order chi connectivity index (χ1) is 6.89. The average molecular weight is 225 g/mol. The van der Waals surface area contributed by atoms with Gasteiger partial charge in [0.2, 0.25) is 0 Å². The molecule has 86 valence electrons. The Morgan fingerprint density at radius 1 is 1.20 bits per heavy atom. The quantitative estimate of drug-likeness (QED) is 0.522. The van der Waals surface area contributed by atoms with E-state index in [1.165, 1.54) is 6.42 Å². The molecule has 1 nitrogen and oxygen atoms in total. The van der Waals surface area contributed by atoms with Gasteiger partial charge in [0, 0.05) is 10.8 Å². The van der Waals surface area contributed by atoms with E-state index in [0.29, 0.717) is 0 Å². The topological polar surface area (TPSA) is 3.24 Å². The van der Waals surface area contributed by atoms with Gasteiger partial charge in [0.05, 0.1) is 0 Å². The fraction of sp³-hybridized carbons (Fsp3) is 0.846. The fourth-order valence-electron chi connectivity index (χ4n) is 2.54. The van der Waals surface area contributed by atoms with Gasteiger partial charge in [-0.05, 0) is 52.0 Å². The van der Waals surface area contributed by atoms with Crippen LogP contribution in [0.15, 0.2) is 12.2 Å². The number of hydrogen-bond donors (Lipinski definition) is 0. The summed E-state index contributed by atoms with van der Waals surface area (Å²) in [5.41, 5.74) is 0.274. The molecule has 2 heteroatoms. The van der Waals surface area contributed by atoms with E-state index < -0.39 is 0 Å². The zero-order valence-electron chi connectivity index (χ0n) is 10.5. The first-order valence-electron chi connectivity index (χ1n) is 5.98. The lowest BCUT2D eigenvalue weighted by Crippen LogP contribution is -2.36. The number of rotatable bonds is 2. The highest BCUT2D eigenvalue weighted by Crippen LogP contribution is 2.50. The van der Waals surface area contributed by atoms with E-state index in [-0.39, 0.29) is 5.54 Å². The van der Waals surface area contributed by atoms with Gasteiger partial charge in [-0.3, -0.25) is 0 Å². The van der Waals surface area contributed by atoms with E-state index >= 15 is 0 Å². The molecule has 0 saturated heterocycles. The number of allylic oxidation sites excluding steroid dienone is 2. The second kappa shape index (κ2) is 3.81. The maximum Gasteiger partial charge on any atom is 0.0289 e. The summed E-state index contributed by atoms with van der Waals surface area (Å²) in [7, 11) is 2.23. The maximum atomic E-state index is 2.44. The summed E-state index contributed by atoms with van der Waals surface area (Å²) in [6.45, 7) is 9.28. The van der Waals surface area contributed by atoms with Gasteiger partial charge in [0.15, 0.2) is 0 Å². The Balaban J connectivity index is 1.99. The third-order valence-corrected chi connectivity index (χ3v) is 5.88. The standard InChI is InChI=1S/C13H23NS/c1-9-10-6-7-11(8-10)12(9)15-14(5)13(2,3)4/h6-7,9-12H,8H2,1-5H3. The molecule has 0 aromatic carbocycles. The summed E-state index contributed by atoms with van der Waals surface area (Å²) in [5.74, 6) is 2.55. The van der Waals surface area contributed by atoms with Crippen LogP contribution in [0.2, 0.25) is 0 Å². The Kier molecular flexibility index (Phi) is 2.93. The van der Waals surface area contributed by atoms with Crippen LogP contribution in [-0.4, -0.2) is 22.1 Å². The van der Waals surface area contributed by atoms with Crippen molar-refractivity contribution in [3.8, 4) is 0 Å². The third-order valence-electron chi connectivity index (χ3n) is 3.99. The minimum Gasteiger partial charge on any atom is -0.248 e. The van der Waals surface area contributed by atoms with Crippen LogP contribution in [0, 0.1) is 17.8 Å². The van der Waals surface area contributed by atoms with E-state index in [1.54, 1.807) is 0 Å². The zero-order chi connectivity index (χ0) is 11.2. The van der Waals surface area contributed by atoms with Gasteiger partial charge in [0.25, 0.3) is 0 Å². The van der Waals surface area contributed by atoms with Crippen molar-refractivity contribution in [2.24, 2.45) is 17.8 Å². The molecule has 4 unspecified atom stereocenters. The predicted molar refractivity (Wildman–Crippen MR) is 68.8 cm³/mol. The molecule has 0 aromatic heterocycles. The van der Waals surface area contributed by atoms with Crippen molar-refractivity contribution in [3.05, 3.63) is 12.2 Å². The maximum absolute atomic E-state index is 2.44. The minimum absolute atomic E-state index is 0.274. The molecule has 2 rings (SSSR count). The highest BCUT2D eigenvalue weighted by molar-refractivity contribution is 7.97. The highest BCUT2D eigenvalue weighted by Gasteiger charge is 2.43. The zero-order valence-corrected chi connectivity index (χ0v) is 11.3. The van der Waals surface area contributed by atoms with E-state index in [1.807, 2.05) is 0 Å². The molecular weight excluding hydrogens is 202 g/mol. The molecule has 0 heterocycles. The molecule has 0 N–H and O–H groups in total. The lowest BCUT2D eigenvalue weighted by Gasteiger charge is -2.36. The van der Waals surface area contributed by atoms with Crippen LogP contribution in [0.25, 0.3) is 0 Å². The lowest BCUT2D eigenvalue weighted by atomic mass is 9.95. The van der Waals surface area contributed by atoms with Gasteiger partial charge in [-0.2, -0.15) is 0 Å². The second-order valence-electron chi connectivity index (χ2n) is 6.05. The van der Waals surface area contributed by atoms with Crippen molar-refractivity contribution in [2.75, 3.05) is 7.05 Å². The largest absolute Gasteiger partial charge is 0.248 e. The van der Waals surface area contributed by atoms with Crippen molar-refractivity contribution in [2.45, 2.75) is 44.9 Å². The average Bonchev–Trinajstić information content (AvgIpc) is 2.67. The molecule has 0 aliphatic heterocycles. The monoisotopic (exact) mass is 225 g/mol. The number of nitrogens with zero attached hydrogens (tertiary/aromatic N) is 1. The van der Waals surface area contributed by atoms with Crippen LogP contribution in [0.1, 0.15) is 34.1 Å². The first-order valence-corrected chi connectivity index (χ1v) is 6.82. The van der Waals surface area contributed by atoms with E-state index in [4.69, 9.17) is 0 Å². The summed E-state index contributed by atoms with van der Waals surface area (Å²) in [6, 6.07) is 0. The molecule has 15 heavy (non-hydrogen) atoms. The van der Waals surface area contributed by atoms with Crippen LogP contribution in [0.5, 0.6) is 0 Å². The Labute approximate surface area is 98.4 Å². The molecule has 0 aromatic rings. The normalized spacial score (nSPS) is 39.3. The van der Waals surface area contributed by atoms with Crippen molar-refractivity contribution in [1.82, 2.24) is 4.31 Å². The third kappa shape index (κ3) is 2.12. The van der Waals surface area contributed by atoms with Gasteiger partial charge in [-0.25, -0.2) is 4.31 Å². The van der Waals surface area contributed by atoms with Crippen LogP contribution in [-0.2, 0) is 0 Å². The Hall–Kier alpha value is 0.0500. The molecule has 4 atom stereocenters. The Morgan fingerprint density at radius 2 is 1.80 bits per heavy atom. The molecule has 2 aliphatic carbocycles. The number of hydrogen-bond acceptors (Lipinski definition) is 2. The molecule has 2 bridgehead atoms. The van der Waals surface area contributed by atoms with Crippen molar-refractivity contribution < 1.29 is 0 Å². The van der Waals surface area contributed by atoms with Gasteiger partial charge in [0.1, 0.15) is 0 Å². The predicted octanol–water partition coefficient (Wildman–Crippen LogP) is 3.58. The van der Waals surface area contributed by atoms with Crippen LogP contribution >= 0.6 is 11.9 Å². The van der Waals surface area contributed by atoms with E-state index in [9.17, 15) is 0 Å². The SMILES string of the molecule is CC1C2C=CC(C2)C1SN(C)C(C)(C)C. The van der Waals surface area contributed by atoms with Crippen LogP contribution in [0.4, 0.5) is 0 Å². The summed E-state index contributed by atoms with van der Waals surface area (Å²) < 4.78 is 2.43. The van der Waals surface area contributed by atoms with Gasteiger partial charge in [-0.1, -0.05) is 31.0 Å². The fourth-order valence-corrected chi connectivity index (χ4v) is 3.97. The smallest absolute Gasteiger partial charge is 0.0289 e. The number of fused-ring (bicyclic) bond motifs is 2. The van der Waals surface area contributed by atoms with Gasteiger partial charge in [-0.15, -0.1) is 0 Å². The molecule has 1 saturated carbocycles. The molecule has 0 radical (unpaired) electrons. The molecule has 2 aliphatic rings. The lowest BCUT2D eigenvalue weighted by molar-refractivity contribution is 0.314. The van der Waals surface area contributed by atoms with E-state index in [2.05, 4.69) is 63.1 Å². The van der Waals surface area contributed by atoms with Crippen LogP contribution in [0.3, 0.4) is 0 Å². The highest BCUT2D eigenvalue weighted by atomic mass is 32.2. The van der Waals surface area contributed by atoms with Crippen molar-refractivity contribution in [3.63, 3.8) is 0 Å². The molecule has 1 fully saturated rings. The molecule has 0 spiro atoms. The summed E-state index contributed by atoms with van der Waals surface area (Å²) in [5, 5.41) is 0.809. The Morgan fingerprint density at radius 3 is 2.27 bits per heavy atom. The van der Waals surface area contributed by atoms with E-state index in [0.717, 1.165) is 23.0 Å². The summed E-state index contributed by atoms with van der Waals surface area (Å²) in [6.07, 6.45) is 6.28. The summed E-state index contributed by atoms with van der Waals surface area (Å²) in [4.78, 5) is 0. The Bertz CT molecular complexity index is 266. The van der Waals surface area contributed by atoms with Crippen molar-refractivity contribution >= 4 is 11.9 Å². The first kappa shape index (κ1) is 11.5. The van der Waals surface area contributed by atoms with Gasteiger partial charge < -0.3 is 0 Å². The molecule has 0 amide bonds. The van der Waals surface area contributed by atoms with Gasteiger partial charge >= 0.3 is 0 Å². The second-order valence-corrected chi connectivity index (χ2v) is 7.35. The molecular formula is C13H23NS.